The molecule has 15 heavy (non-hydrogen) atoms. The second kappa shape index (κ2) is 6.36. The Labute approximate surface area is 91.7 Å². The van der Waals surface area contributed by atoms with Gasteiger partial charge in [-0.1, -0.05) is 37.3 Å². The molecule has 0 saturated heterocycles. The molecule has 1 atom stereocenters. The van der Waals surface area contributed by atoms with E-state index in [1.807, 2.05) is 18.2 Å². The summed E-state index contributed by atoms with van der Waals surface area (Å²) in [7, 11) is 0. The first-order valence-electron chi connectivity index (χ1n) is 5.51. The second-order valence-electron chi connectivity index (χ2n) is 3.81. The van der Waals surface area contributed by atoms with E-state index in [9.17, 15) is 4.79 Å². The van der Waals surface area contributed by atoms with Gasteiger partial charge in [0.25, 0.3) is 0 Å². The maximum atomic E-state index is 11.4. The molecule has 0 aromatic heterocycles. The molecule has 1 aromatic carbocycles. The van der Waals surface area contributed by atoms with Gasteiger partial charge in [-0.2, -0.15) is 0 Å². The summed E-state index contributed by atoms with van der Waals surface area (Å²) in [5, 5.41) is 3.27. The zero-order valence-electron chi connectivity index (χ0n) is 9.49. The lowest BCUT2D eigenvalue weighted by atomic mass is 10.0. The Morgan fingerprint density at radius 2 is 2.00 bits per heavy atom. The summed E-state index contributed by atoms with van der Waals surface area (Å²) in [6.07, 6.45) is 1.84. The van der Waals surface area contributed by atoms with Gasteiger partial charge in [-0.25, -0.2) is 0 Å². The quantitative estimate of drug-likeness (QED) is 0.771. The molecule has 0 radical (unpaired) electrons. The normalized spacial score (nSPS) is 12.4. The molecule has 0 spiro atoms. The number of Topliss-reactive ketones (excluding diaryl/α,β-unsaturated/α-hetero) is 1. The molecule has 0 heterocycles. The highest BCUT2D eigenvalue weighted by Gasteiger charge is 2.12. The Kier molecular flexibility index (Phi) is 5.05. The van der Waals surface area contributed by atoms with Gasteiger partial charge in [0.05, 0.1) is 6.04 Å². The molecule has 0 amide bonds. The van der Waals surface area contributed by atoms with Gasteiger partial charge in [-0.3, -0.25) is 4.79 Å². The van der Waals surface area contributed by atoms with E-state index in [0.717, 1.165) is 19.4 Å². The molecular weight excluding hydrogens is 186 g/mol. The molecule has 82 valence electrons. The Bertz CT molecular complexity index is 295. The average Bonchev–Trinajstić information content (AvgIpc) is 2.25. The minimum Gasteiger partial charge on any atom is -0.307 e. The summed E-state index contributed by atoms with van der Waals surface area (Å²) >= 11 is 0. The largest absolute Gasteiger partial charge is 0.307 e. The molecule has 2 heteroatoms. The van der Waals surface area contributed by atoms with E-state index in [1.165, 1.54) is 5.56 Å². The molecule has 0 aliphatic heterocycles. The molecule has 1 unspecified atom stereocenters. The zero-order chi connectivity index (χ0) is 11.1. The van der Waals surface area contributed by atoms with Crippen LogP contribution in [-0.2, 0) is 11.2 Å². The number of ketones is 1. The molecule has 0 fully saturated rings. The fourth-order valence-corrected chi connectivity index (χ4v) is 1.53. The van der Waals surface area contributed by atoms with Gasteiger partial charge in [0.15, 0.2) is 0 Å². The van der Waals surface area contributed by atoms with Crippen molar-refractivity contribution in [2.75, 3.05) is 6.54 Å². The van der Waals surface area contributed by atoms with Gasteiger partial charge < -0.3 is 5.32 Å². The highest BCUT2D eigenvalue weighted by atomic mass is 16.1. The Morgan fingerprint density at radius 1 is 1.33 bits per heavy atom. The molecule has 2 nitrogen and oxygen atoms in total. The Balaban J connectivity index is 2.55. The van der Waals surface area contributed by atoms with E-state index in [4.69, 9.17) is 0 Å². The predicted molar refractivity (Wildman–Crippen MR) is 62.9 cm³/mol. The van der Waals surface area contributed by atoms with Crippen LogP contribution in [0.2, 0.25) is 0 Å². The van der Waals surface area contributed by atoms with Gasteiger partial charge in [-0.15, -0.1) is 0 Å². The van der Waals surface area contributed by atoms with Gasteiger partial charge in [0.1, 0.15) is 5.78 Å². The van der Waals surface area contributed by atoms with Crippen molar-refractivity contribution in [1.82, 2.24) is 5.32 Å². The summed E-state index contributed by atoms with van der Waals surface area (Å²) in [5.74, 6) is 0.215. The fourth-order valence-electron chi connectivity index (χ4n) is 1.53. The number of carbonyl (C=O) groups excluding carboxylic acids is 1. The monoisotopic (exact) mass is 205 g/mol. The first-order chi connectivity index (χ1) is 7.24. The zero-order valence-corrected chi connectivity index (χ0v) is 9.49. The van der Waals surface area contributed by atoms with Crippen molar-refractivity contribution < 1.29 is 4.79 Å². The molecule has 0 aliphatic rings. The third-order valence-electron chi connectivity index (χ3n) is 2.41. The van der Waals surface area contributed by atoms with Crippen molar-refractivity contribution in [3.05, 3.63) is 35.9 Å². The summed E-state index contributed by atoms with van der Waals surface area (Å²) in [4.78, 5) is 11.4. The van der Waals surface area contributed by atoms with Crippen LogP contribution in [0.15, 0.2) is 30.3 Å². The number of nitrogens with one attached hydrogen (secondary N) is 1. The second-order valence-corrected chi connectivity index (χ2v) is 3.81. The minimum absolute atomic E-state index is 0.0349. The first-order valence-corrected chi connectivity index (χ1v) is 5.51. The third kappa shape index (κ3) is 4.26. The summed E-state index contributed by atoms with van der Waals surface area (Å²) in [6, 6.07) is 10.1. The number of hydrogen-bond acceptors (Lipinski definition) is 2. The lowest BCUT2D eigenvalue weighted by Gasteiger charge is -2.15. The van der Waals surface area contributed by atoms with E-state index >= 15 is 0 Å². The molecule has 1 N–H and O–H groups in total. The van der Waals surface area contributed by atoms with Crippen LogP contribution in [0.3, 0.4) is 0 Å². The smallest absolute Gasteiger partial charge is 0.147 e. The first kappa shape index (κ1) is 11.9. The molecule has 1 rings (SSSR count). The maximum absolute atomic E-state index is 11.4. The Morgan fingerprint density at radius 3 is 2.53 bits per heavy atom. The molecule has 0 saturated carbocycles. The molecular formula is C13H19NO. The van der Waals surface area contributed by atoms with Crippen LogP contribution < -0.4 is 5.32 Å². The summed E-state index contributed by atoms with van der Waals surface area (Å²) < 4.78 is 0. The van der Waals surface area contributed by atoms with E-state index in [0.29, 0.717) is 0 Å². The summed E-state index contributed by atoms with van der Waals surface area (Å²) in [5.41, 5.74) is 1.21. The van der Waals surface area contributed by atoms with Crippen LogP contribution in [-0.4, -0.2) is 18.4 Å². The van der Waals surface area contributed by atoms with Gasteiger partial charge in [-0.05, 0) is 31.9 Å². The van der Waals surface area contributed by atoms with Crippen molar-refractivity contribution in [1.29, 1.82) is 0 Å². The van der Waals surface area contributed by atoms with E-state index in [2.05, 4.69) is 24.4 Å². The van der Waals surface area contributed by atoms with Crippen molar-refractivity contribution in [2.45, 2.75) is 32.7 Å². The third-order valence-corrected chi connectivity index (χ3v) is 2.41. The van der Waals surface area contributed by atoms with Crippen molar-refractivity contribution in [2.24, 2.45) is 0 Å². The number of carbonyl (C=O) groups is 1. The van der Waals surface area contributed by atoms with Crippen LogP contribution in [0, 0.1) is 0 Å². The number of hydrogen-bond donors (Lipinski definition) is 1. The summed E-state index contributed by atoms with van der Waals surface area (Å²) in [6.45, 7) is 4.65. The van der Waals surface area contributed by atoms with Crippen LogP contribution in [0.4, 0.5) is 0 Å². The fraction of sp³-hybridized carbons (Fsp3) is 0.462. The molecule has 0 aliphatic carbocycles. The van der Waals surface area contributed by atoms with Crippen molar-refractivity contribution in [3.63, 3.8) is 0 Å². The highest BCUT2D eigenvalue weighted by molar-refractivity contribution is 5.81. The van der Waals surface area contributed by atoms with Gasteiger partial charge in [0, 0.05) is 0 Å². The van der Waals surface area contributed by atoms with Crippen LogP contribution >= 0.6 is 0 Å². The van der Waals surface area contributed by atoms with Gasteiger partial charge in [0.2, 0.25) is 0 Å². The standard InChI is InChI=1S/C13H19NO/c1-3-9-14-13(11(2)15)10-12-7-5-4-6-8-12/h4-8,13-14H,3,9-10H2,1-2H3. The van der Waals surface area contributed by atoms with Crippen LogP contribution in [0.25, 0.3) is 0 Å². The lowest BCUT2D eigenvalue weighted by Crippen LogP contribution is -2.37. The number of rotatable bonds is 6. The lowest BCUT2D eigenvalue weighted by molar-refractivity contribution is -0.118. The Hall–Kier alpha value is -1.15. The molecule has 1 aromatic rings. The highest BCUT2D eigenvalue weighted by Crippen LogP contribution is 2.03. The topological polar surface area (TPSA) is 29.1 Å². The average molecular weight is 205 g/mol. The van der Waals surface area contributed by atoms with E-state index < -0.39 is 0 Å². The van der Waals surface area contributed by atoms with Crippen molar-refractivity contribution >= 4 is 5.78 Å². The van der Waals surface area contributed by atoms with Crippen LogP contribution in [0.1, 0.15) is 25.8 Å². The van der Waals surface area contributed by atoms with E-state index in [-0.39, 0.29) is 11.8 Å². The molecule has 0 bridgehead atoms. The predicted octanol–water partition coefficient (Wildman–Crippen LogP) is 2.19. The van der Waals surface area contributed by atoms with Gasteiger partial charge >= 0.3 is 0 Å². The SMILES string of the molecule is CCCNC(Cc1ccccc1)C(C)=O. The van der Waals surface area contributed by atoms with Crippen molar-refractivity contribution in [3.8, 4) is 0 Å². The minimum atomic E-state index is -0.0349. The van der Waals surface area contributed by atoms with Crippen LogP contribution in [0.5, 0.6) is 0 Å². The van der Waals surface area contributed by atoms with E-state index in [1.54, 1.807) is 6.92 Å². The maximum Gasteiger partial charge on any atom is 0.147 e. The number of benzene rings is 1.